The molecule has 3 nitrogen and oxygen atoms in total. The molecule has 1 aliphatic heterocycles. The molecule has 5 heteroatoms. The summed E-state index contributed by atoms with van der Waals surface area (Å²) in [5.41, 5.74) is 1.14. The third-order valence-corrected chi connectivity index (χ3v) is 2.98. The molecule has 1 aromatic carbocycles. The zero-order valence-electron chi connectivity index (χ0n) is 9.03. The first-order chi connectivity index (χ1) is 7.31. The number of rotatable bonds is 2. The largest absolute Gasteiger partial charge is 0.496 e. The summed E-state index contributed by atoms with van der Waals surface area (Å²) in [6, 6.07) is 6.25. The average Bonchev–Trinajstić information content (AvgIpc) is 2.30. The van der Waals surface area contributed by atoms with Gasteiger partial charge in [0.15, 0.2) is 0 Å². The van der Waals surface area contributed by atoms with Crippen LogP contribution in [-0.4, -0.2) is 26.9 Å². The van der Waals surface area contributed by atoms with Crippen LogP contribution in [0.1, 0.15) is 11.6 Å². The second-order valence-electron chi connectivity index (χ2n) is 3.47. The summed E-state index contributed by atoms with van der Waals surface area (Å²) in [7, 11) is 1.69. The second-order valence-corrected chi connectivity index (χ2v) is 4.38. The van der Waals surface area contributed by atoms with E-state index in [0.29, 0.717) is 6.61 Å². The Bertz CT molecular complexity index is 343. The monoisotopic (exact) mass is 307 g/mol. The second kappa shape index (κ2) is 6.45. The topological polar surface area (TPSA) is 30.5 Å². The molecule has 0 spiro atoms. The van der Waals surface area contributed by atoms with Crippen LogP contribution in [-0.2, 0) is 4.74 Å². The van der Waals surface area contributed by atoms with Gasteiger partial charge in [0.25, 0.3) is 0 Å². The van der Waals surface area contributed by atoms with Crippen LogP contribution in [0.5, 0.6) is 5.75 Å². The van der Waals surface area contributed by atoms with Gasteiger partial charge in [-0.2, -0.15) is 0 Å². The van der Waals surface area contributed by atoms with E-state index in [-0.39, 0.29) is 18.4 Å². The van der Waals surface area contributed by atoms with E-state index in [2.05, 4.69) is 27.3 Å². The van der Waals surface area contributed by atoms with Crippen LogP contribution in [0.3, 0.4) is 0 Å². The van der Waals surface area contributed by atoms with E-state index in [1.54, 1.807) is 7.11 Å². The molecule has 90 valence electrons. The molecule has 0 amide bonds. The van der Waals surface area contributed by atoms with E-state index in [1.807, 2.05) is 12.1 Å². The summed E-state index contributed by atoms with van der Waals surface area (Å²) in [6.07, 6.45) is 0. The third-order valence-electron chi connectivity index (χ3n) is 2.49. The average molecular weight is 309 g/mol. The maximum Gasteiger partial charge on any atom is 0.123 e. The Labute approximate surface area is 110 Å². The minimum Gasteiger partial charge on any atom is -0.496 e. The SMILES string of the molecule is COc1ccc(Br)cc1[C@@H]1COCCN1.Cl. The Kier molecular flexibility index (Phi) is 5.55. The normalized spacial score (nSPS) is 20.0. The van der Waals surface area contributed by atoms with Gasteiger partial charge in [-0.1, -0.05) is 15.9 Å². The van der Waals surface area contributed by atoms with Crippen molar-refractivity contribution in [1.29, 1.82) is 0 Å². The van der Waals surface area contributed by atoms with Gasteiger partial charge in [-0.3, -0.25) is 0 Å². The van der Waals surface area contributed by atoms with Gasteiger partial charge in [-0.15, -0.1) is 12.4 Å². The molecule has 1 saturated heterocycles. The lowest BCUT2D eigenvalue weighted by atomic mass is 10.1. The number of hydrogen-bond acceptors (Lipinski definition) is 3. The van der Waals surface area contributed by atoms with Crippen LogP contribution < -0.4 is 10.1 Å². The first-order valence-corrected chi connectivity index (χ1v) is 5.75. The van der Waals surface area contributed by atoms with Gasteiger partial charge < -0.3 is 14.8 Å². The smallest absolute Gasteiger partial charge is 0.123 e. The Morgan fingerprint density at radius 2 is 2.31 bits per heavy atom. The van der Waals surface area contributed by atoms with Crippen LogP contribution in [0.25, 0.3) is 0 Å². The van der Waals surface area contributed by atoms with Crippen molar-refractivity contribution in [2.75, 3.05) is 26.9 Å². The number of benzene rings is 1. The highest BCUT2D eigenvalue weighted by Gasteiger charge is 2.19. The maximum absolute atomic E-state index is 5.44. The predicted molar refractivity (Wildman–Crippen MR) is 69.5 cm³/mol. The van der Waals surface area contributed by atoms with E-state index < -0.39 is 0 Å². The van der Waals surface area contributed by atoms with Gasteiger partial charge in [-0.05, 0) is 18.2 Å². The van der Waals surface area contributed by atoms with Crippen molar-refractivity contribution in [2.45, 2.75) is 6.04 Å². The number of nitrogens with one attached hydrogen (secondary N) is 1. The highest BCUT2D eigenvalue weighted by Crippen LogP contribution is 2.29. The predicted octanol–water partition coefficient (Wildman–Crippen LogP) is 2.54. The Balaban J connectivity index is 0.00000128. The fraction of sp³-hybridized carbons (Fsp3) is 0.455. The van der Waals surface area contributed by atoms with E-state index in [1.165, 1.54) is 0 Å². The summed E-state index contributed by atoms with van der Waals surface area (Å²) in [6.45, 7) is 2.37. The van der Waals surface area contributed by atoms with Gasteiger partial charge in [-0.25, -0.2) is 0 Å². The molecule has 1 N–H and O–H groups in total. The highest BCUT2D eigenvalue weighted by molar-refractivity contribution is 9.10. The molecule has 0 unspecified atom stereocenters. The summed E-state index contributed by atoms with van der Waals surface area (Å²) in [5.74, 6) is 0.904. The number of ether oxygens (including phenoxy) is 2. The van der Waals surface area contributed by atoms with Crippen LogP contribution in [0.2, 0.25) is 0 Å². The zero-order valence-corrected chi connectivity index (χ0v) is 11.4. The zero-order chi connectivity index (χ0) is 10.7. The van der Waals surface area contributed by atoms with Gasteiger partial charge >= 0.3 is 0 Å². The van der Waals surface area contributed by atoms with Crippen molar-refractivity contribution in [3.8, 4) is 5.75 Å². The summed E-state index contributed by atoms with van der Waals surface area (Å²) in [5, 5.41) is 3.41. The van der Waals surface area contributed by atoms with Crippen molar-refractivity contribution >= 4 is 28.3 Å². The van der Waals surface area contributed by atoms with Gasteiger partial charge in [0.2, 0.25) is 0 Å². The van der Waals surface area contributed by atoms with Gasteiger partial charge in [0.05, 0.1) is 26.4 Å². The molecule has 1 aromatic rings. The van der Waals surface area contributed by atoms with E-state index in [9.17, 15) is 0 Å². The highest BCUT2D eigenvalue weighted by atomic mass is 79.9. The van der Waals surface area contributed by atoms with Crippen LogP contribution in [0.4, 0.5) is 0 Å². The standard InChI is InChI=1S/C11H14BrNO2.ClH/c1-14-11-3-2-8(12)6-9(11)10-7-15-5-4-13-10;/h2-3,6,10,13H,4-5,7H2,1H3;1H/t10-;/m0./s1. The molecule has 0 bridgehead atoms. The van der Waals surface area contributed by atoms with Crippen LogP contribution in [0.15, 0.2) is 22.7 Å². The lowest BCUT2D eigenvalue weighted by Crippen LogP contribution is -2.34. The first kappa shape index (κ1) is 13.8. The van der Waals surface area contributed by atoms with Crippen molar-refractivity contribution < 1.29 is 9.47 Å². The fourth-order valence-electron chi connectivity index (χ4n) is 1.74. The van der Waals surface area contributed by atoms with Crippen LogP contribution in [0, 0.1) is 0 Å². The van der Waals surface area contributed by atoms with Gasteiger partial charge in [0.1, 0.15) is 5.75 Å². The Morgan fingerprint density at radius 3 is 2.94 bits per heavy atom. The van der Waals surface area contributed by atoms with Gasteiger partial charge in [0, 0.05) is 16.6 Å². The molecular weight excluding hydrogens is 293 g/mol. The lowest BCUT2D eigenvalue weighted by Gasteiger charge is -2.25. The fourth-order valence-corrected chi connectivity index (χ4v) is 2.12. The molecule has 2 rings (SSSR count). The Morgan fingerprint density at radius 1 is 1.50 bits per heavy atom. The minimum atomic E-state index is 0. The number of halogens is 2. The van der Waals surface area contributed by atoms with E-state index in [4.69, 9.17) is 9.47 Å². The molecule has 0 aromatic heterocycles. The number of hydrogen-bond donors (Lipinski definition) is 1. The Hall–Kier alpha value is -0.290. The maximum atomic E-state index is 5.44. The van der Waals surface area contributed by atoms with Crippen molar-refractivity contribution in [2.24, 2.45) is 0 Å². The lowest BCUT2D eigenvalue weighted by molar-refractivity contribution is 0.0760. The molecule has 16 heavy (non-hydrogen) atoms. The summed E-state index contributed by atoms with van der Waals surface area (Å²) in [4.78, 5) is 0. The number of morpholine rings is 1. The third kappa shape index (κ3) is 3.10. The van der Waals surface area contributed by atoms with Crippen molar-refractivity contribution in [3.05, 3.63) is 28.2 Å². The number of methoxy groups -OCH3 is 1. The molecule has 1 heterocycles. The molecule has 1 atom stereocenters. The van der Waals surface area contributed by atoms with Crippen molar-refractivity contribution in [3.63, 3.8) is 0 Å². The molecular formula is C11H15BrClNO2. The molecule has 0 saturated carbocycles. The molecule has 0 radical (unpaired) electrons. The summed E-state index contributed by atoms with van der Waals surface area (Å²) >= 11 is 3.47. The molecule has 1 fully saturated rings. The van der Waals surface area contributed by atoms with Crippen molar-refractivity contribution in [1.82, 2.24) is 5.32 Å². The molecule has 1 aliphatic rings. The molecule has 0 aliphatic carbocycles. The quantitative estimate of drug-likeness (QED) is 0.911. The summed E-state index contributed by atoms with van der Waals surface area (Å²) < 4.78 is 11.8. The van der Waals surface area contributed by atoms with E-state index in [0.717, 1.165) is 28.9 Å². The van der Waals surface area contributed by atoms with Crippen LogP contribution >= 0.6 is 28.3 Å². The van der Waals surface area contributed by atoms with E-state index >= 15 is 0 Å². The first-order valence-electron chi connectivity index (χ1n) is 4.96. The minimum absolute atomic E-state index is 0.